The van der Waals surface area contributed by atoms with Crippen molar-refractivity contribution in [3.05, 3.63) is 21.0 Å². The third kappa shape index (κ3) is 6.25. The van der Waals surface area contributed by atoms with E-state index in [0.29, 0.717) is 0 Å². The number of allylic oxidation sites excluding steroid dienone is 4. The molecule has 1 rings (SSSR count). The van der Waals surface area contributed by atoms with Crippen LogP contribution in [0.1, 0.15) is 32.6 Å². The van der Waals surface area contributed by atoms with Crippen molar-refractivity contribution in [1.82, 2.24) is 0 Å². The predicted octanol–water partition coefficient (Wildman–Crippen LogP) is -6.05. The molecule has 0 atom stereocenters. The molecule has 0 fully saturated rings. The summed E-state index contributed by atoms with van der Waals surface area (Å²) in [4.78, 5) is 0. The minimum atomic E-state index is 0. The molecule has 1 aliphatic carbocycles. The van der Waals surface area contributed by atoms with E-state index in [1.54, 1.807) is 33.6 Å². The molecule has 0 saturated heterocycles. The largest absolute Gasteiger partial charge is 1.00 e. The zero-order chi connectivity index (χ0) is 7.40. The van der Waals surface area contributed by atoms with Crippen LogP contribution >= 0.6 is 0 Å². The van der Waals surface area contributed by atoms with Gasteiger partial charge < -0.3 is 14.1 Å². The topological polar surface area (TPSA) is 0 Å². The number of halogens is 3. The van der Waals surface area contributed by atoms with Crippen molar-refractivity contribution in [3.63, 3.8) is 0 Å². The van der Waals surface area contributed by atoms with Gasteiger partial charge >= 0.3 is 78.3 Å². The molecule has 0 radical (unpaired) electrons. The maximum absolute atomic E-state index is 2.31. The molecule has 74 valence electrons. The van der Waals surface area contributed by atoms with Crippen molar-refractivity contribution >= 4 is 0 Å². The first-order valence-corrected chi connectivity index (χ1v) is 5.17. The van der Waals surface area contributed by atoms with Crippen LogP contribution in [0.2, 0.25) is 0 Å². The molecule has 0 bridgehead atoms. The average molecular weight is 269 g/mol. The number of rotatable bonds is 3. The van der Waals surface area contributed by atoms with Gasteiger partial charge in [-0.05, 0) is 0 Å². The van der Waals surface area contributed by atoms with E-state index in [4.69, 9.17) is 0 Å². The van der Waals surface area contributed by atoms with Gasteiger partial charge in [0.25, 0.3) is 0 Å². The summed E-state index contributed by atoms with van der Waals surface area (Å²) in [6.07, 6.45) is 9.82. The molecule has 0 saturated carbocycles. The van der Waals surface area contributed by atoms with Gasteiger partial charge in [0.2, 0.25) is 0 Å². The summed E-state index contributed by atoms with van der Waals surface area (Å²) in [5.41, 5.74) is 1.63. The summed E-state index contributed by atoms with van der Waals surface area (Å²) in [6, 6.07) is 0. The summed E-state index contributed by atoms with van der Waals surface area (Å²) < 4.78 is 1.67. The second kappa shape index (κ2) is 10.2. The van der Waals surface area contributed by atoms with Gasteiger partial charge in [-0.25, -0.2) is 0 Å². The zero-order valence-electron chi connectivity index (χ0n) is 7.62. The molecular weight excluding hydrogens is 256 g/mol. The van der Waals surface area contributed by atoms with Gasteiger partial charge in [-0.1, -0.05) is 0 Å². The molecule has 1 aliphatic rings. The predicted molar refractivity (Wildman–Crippen MR) is 40.3 cm³/mol. The van der Waals surface area contributed by atoms with Crippen molar-refractivity contribution in [2.24, 2.45) is 0 Å². The summed E-state index contributed by atoms with van der Waals surface area (Å²) in [7, 11) is 0. The standard InChI is InChI=1S/C9H13.3FH.Zr/c1-2-3-6-9-7-4-5-8-9;;;;/h4,7H,2-3,5-6H2,1H3;3*1H;/q;;;;+3/p-3. The molecule has 0 nitrogen and oxygen atoms in total. The van der Waals surface area contributed by atoms with Gasteiger partial charge in [-0.2, -0.15) is 0 Å². The van der Waals surface area contributed by atoms with Crippen LogP contribution in [0.25, 0.3) is 0 Å². The Balaban J connectivity index is -0.000000333. The summed E-state index contributed by atoms with van der Waals surface area (Å²) in [6.45, 7) is 2.25. The fraction of sp³-hybridized carbons (Fsp3) is 0.556. The van der Waals surface area contributed by atoms with Crippen LogP contribution < -0.4 is 14.1 Å². The second-order valence-corrected chi connectivity index (χ2v) is 4.20. The number of hydrogen-bond donors (Lipinski definition) is 0. The third-order valence-corrected chi connectivity index (χ3v) is 3.12. The minimum absolute atomic E-state index is 0. The monoisotopic (exact) mass is 268 g/mol. The molecule has 0 aromatic heterocycles. The molecule has 0 spiro atoms. The molecule has 0 aromatic carbocycles. The van der Waals surface area contributed by atoms with Crippen LogP contribution in [0.4, 0.5) is 0 Å². The van der Waals surface area contributed by atoms with Gasteiger partial charge in [0.05, 0.1) is 0 Å². The number of unbranched alkanes of at least 4 members (excludes halogenated alkanes) is 1. The summed E-state index contributed by atoms with van der Waals surface area (Å²) >= 11 is 1.61. The van der Waals surface area contributed by atoms with Crippen LogP contribution in [0, 0.1) is 0 Å². The number of hydrogen-bond acceptors (Lipinski definition) is 0. The Morgan fingerprint density at radius 2 is 1.92 bits per heavy atom. The van der Waals surface area contributed by atoms with Gasteiger partial charge in [0.1, 0.15) is 0 Å². The molecule has 13 heavy (non-hydrogen) atoms. The molecule has 0 unspecified atom stereocenters. The van der Waals surface area contributed by atoms with Crippen molar-refractivity contribution < 1.29 is 38.8 Å². The van der Waals surface area contributed by atoms with E-state index in [1.165, 1.54) is 25.7 Å². The molecular formula is C9H13F3Zr. The van der Waals surface area contributed by atoms with Crippen LogP contribution in [0.5, 0.6) is 0 Å². The molecule has 0 aliphatic heterocycles. The normalized spacial score (nSPS) is 13.2. The molecule has 0 aromatic rings. The first-order chi connectivity index (χ1) is 4.84. The quantitative estimate of drug-likeness (QED) is 0.479. The molecule has 4 heteroatoms. The molecule has 0 N–H and O–H groups in total. The molecule has 0 amide bonds. The smallest absolute Gasteiger partial charge is 1.00 e. The van der Waals surface area contributed by atoms with E-state index >= 15 is 0 Å². The van der Waals surface area contributed by atoms with E-state index in [0.717, 1.165) is 0 Å². The Hall–Kier alpha value is 0.153. The van der Waals surface area contributed by atoms with Crippen molar-refractivity contribution in [2.75, 3.05) is 0 Å². The second-order valence-electron chi connectivity index (χ2n) is 2.71. The van der Waals surface area contributed by atoms with Crippen LogP contribution in [0.15, 0.2) is 21.0 Å². The van der Waals surface area contributed by atoms with Crippen molar-refractivity contribution in [1.29, 1.82) is 0 Å². The van der Waals surface area contributed by atoms with Gasteiger partial charge in [0.15, 0.2) is 0 Å². The Morgan fingerprint density at radius 1 is 1.31 bits per heavy atom. The van der Waals surface area contributed by atoms with E-state index in [-0.39, 0.29) is 14.1 Å². The zero-order valence-corrected chi connectivity index (χ0v) is 10.1. The third-order valence-electron chi connectivity index (χ3n) is 1.83. The Labute approximate surface area is 92.4 Å². The Bertz CT molecular complexity index is 176. The Morgan fingerprint density at radius 3 is 2.31 bits per heavy atom. The van der Waals surface area contributed by atoms with Gasteiger partial charge in [-0.3, -0.25) is 0 Å². The van der Waals surface area contributed by atoms with E-state index in [9.17, 15) is 0 Å². The SMILES string of the molecule is CCCCC1=[C]([Zr+3])CC=C1.[F-].[F-].[F-]. The van der Waals surface area contributed by atoms with Crippen LogP contribution in [-0.2, 0) is 24.7 Å². The van der Waals surface area contributed by atoms with Crippen LogP contribution in [0.3, 0.4) is 0 Å². The van der Waals surface area contributed by atoms with E-state index < -0.39 is 0 Å². The Kier molecular flexibility index (Phi) is 14.8. The van der Waals surface area contributed by atoms with Gasteiger partial charge in [0, 0.05) is 0 Å². The fourth-order valence-electron chi connectivity index (χ4n) is 1.15. The minimum Gasteiger partial charge on any atom is -1.00 e. The fourth-order valence-corrected chi connectivity index (χ4v) is 1.95. The first kappa shape index (κ1) is 18.8. The summed E-state index contributed by atoms with van der Waals surface area (Å²) in [5, 5.41) is 0. The summed E-state index contributed by atoms with van der Waals surface area (Å²) in [5.74, 6) is 0. The van der Waals surface area contributed by atoms with Crippen molar-refractivity contribution in [2.45, 2.75) is 32.6 Å². The van der Waals surface area contributed by atoms with E-state index in [2.05, 4.69) is 19.1 Å². The van der Waals surface area contributed by atoms with Crippen LogP contribution in [-0.4, -0.2) is 0 Å². The van der Waals surface area contributed by atoms with Gasteiger partial charge in [-0.15, -0.1) is 0 Å². The maximum Gasteiger partial charge on any atom is -1.00 e. The van der Waals surface area contributed by atoms with Crippen molar-refractivity contribution in [3.8, 4) is 0 Å². The maximum atomic E-state index is 2.31. The average Bonchev–Trinajstić information content (AvgIpc) is 2.31. The van der Waals surface area contributed by atoms with E-state index in [1.807, 2.05) is 0 Å². The first-order valence-electron chi connectivity index (χ1n) is 3.94. The molecule has 0 heterocycles.